The summed E-state index contributed by atoms with van der Waals surface area (Å²) in [6.45, 7) is 12.1. The van der Waals surface area contributed by atoms with Crippen LogP contribution in [-0.4, -0.2) is 54.3 Å². The summed E-state index contributed by atoms with van der Waals surface area (Å²) in [5, 5.41) is 2.04. The van der Waals surface area contributed by atoms with Crippen molar-refractivity contribution in [1.82, 2.24) is 9.80 Å². The molecule has 0 saturated carbocycles. The first-order valence-electron chi connectivity index (χ1n) is 12.9. The lowest BCUT2D eigenvalue weighted by Crippen LogP contribution is -2.53. The number of nitrogens with zero attached hydrogens (tertiary/aromatic N) is 3. The Bertz CT molecular complexity index is 1240. The SMILES string of the molecule is Cc1ccc(N2CCN(C(=O)[C@@H]3c4ccccc4C(=O)N(CC(C)C)[C@H]3c3cccs3)CC2)c(C)c1. The highest BCUT2D eigenvalue weighted by atomic mass is 32.1. The molecular weight excluding hydrogens is 466 g/mol. The Morgan fingerprint density at radius 2 is 1.75 bits per heavy atom. The van der Waals surface area contributed by atoms with Crippen LogP contribution in [0.2, 0.25) is 0 Å². The molecule has 2 aromatic carbocycles. The zero-order chi connectivity index (χ0) is 25.4. The molecule has 1 fully saturated rings. The smallest absolute Gasteiger partial charge is 0.254 e. The lowest BCUT2D eigenvalue weighted by molar-refractivity contribution is -0.135. The standard InChI is InChI=1S/C30H35N3O2S/c1-20(2)19-33-28(26-10-7-17-36-26)27(23-8-5-6-9-24(23)29(33)34)30(35)32-15-13-31(14-16-32)25-12-11-21(3)18-22(25)4/h5-12,17-18,20,27-28H,13-16,19H2,1-4H3/t27-,28+/m1/s1. The largest absolute Gasteiger partial charge is 0.368 e. The second-order valence-electron chi connectivity index (χ2n) is 10.5. The van der Waals surface area contributed by atoms with Gasteiger partial charge in [-0.2, -0.15) is 0 Å². The van der Waals surface area contributed by atoms with Crippen LogP contribution in [0.25, 0.3) is 0 Å². The maximum atomic E-state index is 14.3. The number of rotatable bonds is 5. The number of aryl methyl sites for hydroxylation is 2. The van der Waals surface area contributed by atoms with Crippen LogP contribution in [0.15, 0.2) is 60.0 Å². The van der Waals surface area contributed by atoms with E-state index in [4.69, 9.17) is 0 Å². The summed E-state index contributed by atoms with van der Waals surface area (Å²) >= 11 is 1.63. The van der Waals surface area contributed by atoms with E-state index < -0.39 is 5.92 Å². The first kappa shape index (κ1) is 24.6. The minimum Gasteiger partial charge on any atom is -0.368 e. The summed E-state index contributed by atoms with van der Waals surface area (Å²) in [5.74, 6) is 0.0616. The van der Waals surface area contributed by atoms with Crippen molar-refractivity contribution < 1.29 is 9.59 Å². The van der Waals surface area contributed by atoms with Gasteiger partial charge in [0.15, 0.2) is 0 Å². The van der Waals surface area contributed by atoms with Gasteiger partial charge in [-0.1, -0.05) is 55.8 Å². The number of amides is 2. The first-order chi connectivity index (χ1) is 17.3. The molecule has 2 amide bonds. The van der Waals surface area contributed by atoms with Gasteiger partial charge >= 0.3 is 0 Å². The summed E-state index contributed by atoms with van der Waals surface area (Å²) in [5.41, 5.74) is 5.32. The monoisotopic (exact) mass is 501 g/mol. The third kappa shape index (κ3) is 4.55. The summed E-state index contributed by atoms with van der Waals surface area (Å²) in [6.07, 6.45) is 0. The van der Waals surface area contributed by atoms with Crippen molar-refractivity contribution in [2.45, 2.75) is 39.7 Å². The van der Waals surface area contributed by atoms with E-state index in [0.29, 0.717) is 31.1 Å². The summed E-state index contributed by atoms with van der Waals surface area (Å²) in [4.78, 5) is 35.4. The van der Waals surface area contributed by atoms with Crippen LogP contribution in [0, 0.1) is 19.8 Å². The molecule has 2 aliphatic heterocycles. The highest BCUT2D eigenvalue weighted by molar-refractivity contribution is 7.10. The molecule has 1 saturated heterocycles. The fourth-order valence-electron chi connectivity index (χ4n) is 5.75. The predicted octanol–water partition coefficient (Wildman–Crippen LogP) is 5.65. The highest BCUT2D eigenvalue weighted by Gasteiger charge is 2.46. The van der Waals surface area contributed by atoms with Crippen molar-refractivity contribution in [1.29, 1.82) is 0 Å². The van der Waals surface area contributed by atoms with Crippen LogP contribution in [0.5, 0.6) is 0 Å². The van der Waals surface area contributed by atoms with Crippen LogP contribution in [0.1, 0.15) is 57.7 Å². The molecule has 6 heteroatoms. The Balaban J connectivity index is 1.46. The summed E-state index contributed by atoms with van der Waals surface area (Å²) in [7, 11) is 0. The van der Waals surface area contributed by atoms with E-state index in [0.717, 1.165) is 23.5 Å². The van der Waals surface area contributed by atoms with Gasteiger partial charge in [0, 0.05) is 48.9 Å². The van der Waals surface area contributed by atoms with E-state index in [1.54, 1.807) is 11.3 Å². The number of benzene rings is 2. The molecule has 3 aromatic rings. The van der Waals surface area contributed by atoms with Crippen molar-refractivity contribution in [3.8, 4) is 0 Å². The number of carbonyl (C=O) groups excluding carboxylic acids is 2. The van der Waals surface area contributed by atoms with E-state index >= 15 is 0 Å². The fraction of sp³-hybridized carbons (Fsp3) is 0.400. The second-order valence-corrected chi connectivity index (χ2v) is 11.5. The number of piperazine rings is 1. The Labute approximate surface area is 218 Å². The quantitative estimate of drug-likeness (QED) is 0.454. The van der Waals surface area contributed by atoms with E-state index in [9.17, 15) is 9.59 Å². The van der Waals surface area contributed by atoms with Gasteiger partial charge in [0.05, 0.1) is 12.0 Å². The molecule has 0 radical (unpaired) electrons. The molecule has 0 N–H and O–H groups in total. The summed E-state index contributed by atoms with van der Waals surface area (Å²) < 4.78 is 0. The number of thiophene rings is 1. The summed E-state index contributed by atoms with van der Waals surface area (Å²) in [6, 6.07) is 18.1. The molecule has 5 rings (SSSR count). The van der Waals surface area contributed by atoms with Gasteiger partial charge in [0.2, 0.25) is 5.91 Å². The number of hydrogen-bond donors (Lipinski definition) is 0. The van der Waals surface area contributed by atoms with E-state index in [1.165, 1.54) is 16.8 Å². The topological polar surface area (TPSA) is 43.9 Å². The Hall–Kier alpha value is -3.12. The molecule has 3 heterocycles. The van der Waals surface area contributed by atoms with Crippen LogP contribution >= 0.6 is 11.3 Å². The number of carbonyl (C=O) groups is 2. The van der Waals surface area contributed by atoms with Gasteiger partial charge < -0.3 is 14.7 Å². The molecule has 1 aromatic heterocycles. The molecular formula is C30H35N3O2S. The van der Waals surface area contributed by atoms with Gasteiger partial charge in [0.1, 0.15) is 0 Å². The third-order valence-corrected chi connectivity index (χ3v) is 8.33. The first-order valence-corrected chi connectivity index (χ1v) is 13.8. The Kier molecular flexibility index (Phi) is 6.89. The number of anilines is 1. The van der Waals surface area contributed by atoms with Gasteiger partial charge in [0.25, 0.3) is 5.91 Å². The minimum atomic E-state index is -0.399. The molecule has 0 unspecified atom stereocenters. The van der Waals surface area contributed by atoms with Crippen LogP contribution in [0.3, 0.4) is 0 Å². The Morgan fingerprint density at radius 3 is 2.42 bits per heavy atom. The van der Waals surface area contributed by atoms with Crippen molar-refractivity contribution in [2.24, 2.45) is 5.92 Å². The van der Waals surface area contributed by atoms with E-state index in [1.807, 2.05) is 45.5 Å². The van der Waals surface area contributed by atoms with Gasteiger partial charge in [-0.3, -0.25) is 9.59 Å². The molecule has 0 spiro atoms. The third-order valence-electron chi connectivity index (χ3n) is 7.39. The maximum absolute atomic E-state index is 14.3. The fourth-order valence-corrected chi connectivity index (χ4v) is 6.63. The molecule has 0 aliphatic carbocycles. The molecule has 5 nitrogen and oxygen atoms in total. The zero-order valence-corrected chi connectivity index (χ0v) is 22.4. The molecule has 2 atom stereocenters. The van der Waals surface area contributed by atoms with E-state index in [2.05, 4.69) is 56.9 Å². The minimum absolute atomic E-state index is 0.0291. The van der Waals surface area contributed by atoms with Crippen molar-refractivity contribution in [3.05, 3.63) is 87.1 Å². The van der Waals surface area contributed by atoms with Crippen molar-refractivity contribution in [2.75, 3.05) is 37.6 Å². The van der Waals surface area contributed by atoms with Crippen LogP contribution in [-0.2, 0) is 4.79 Å². The highest BCUT2D eigenvalue weighted by Crippen LogP contribution is 2.45. The molecule has 188 valence electrons. The average Bonchev–Trinajstić information content (AvgIpc) is 3.40. The Morgan fingerprint density at radius 1 is 1.00 bits per heavy atom. The predicted molar refractivity (Wildman–Crippen MR) is 147 cm³/mol. The molecule has 36 heavy (non-hydrogen) atoms. The van der Waals surface area contributed by atoms with Gasteiger partial charge in [-0.05, 0) is 54.5 Å². The zero-order valence-electron chi connectivity index (χ0n) is 21.6. The normalized spacial score (nSPS) is 20.1. The van der Waals surface area contributed by atoms with Crippen LogP contribution in [0.4, 0.5) is 5.69 Å². The maximum Gasteiger partial charge on any atom is 0.254 e. The molecule has 2 aliphatic rings. The lowest BCUT2D eigenvalue weighted by Gasteiger charge is -2.45. The lowest BCUT2D eigenvalue weighted by atomic mass is 9.80. The van der Waals surface area contributed by atoms with Gasteiger partial charge in [-0.15, -0.1) is 11.3 Å². The van der Waals surface area contributed by atoms with Gasteiger partial charge in [-0.25, -0.2) is 0 Å². The number of fused-ring (bicyclic) bond motifs is 1. The van der Waals surface area contributed by atoms with E-state index in [-0.39, 0.29) is 17.9 Å². The number of hydrogen-bond acceptors (Lipinski definition) is 4. The van der Waals surface area contributed by atoms with Crippen LogP contribution < -0.4 is 4.90 Å². The van der Waals surface area contributed by atoms with Crippen molar-refractivity contribution >= 4 is 28.8 Å². The second kappa shape index (κ2) is 10.1. The average molecular weight is 502 g/mol. The van der Waals surface area contributed by atoms with Crippen molar-refractivity contribution in [3.63, 3.8) is 0 Å². The molecule has 0 bridgehead atoms.